The first-order valence-corrected chi connectivity index (χ1v) is 3.37. The van der Waals surface area contributed by atoms with E-state index in [0.717, 1.165) is 0 Å². The Morgan fingerprint density at radius 2 is 2.36 bits per heavy atom. The lowest BCUT2D eigenvalue weighted by atomic mass is 10.2. The first-order chi connectivity index (χ1) is 5.27. The summed E-state index contributed by atoms with van der Waals surface area (Å²) in [6.45, 7) is 0. The summed E-state index contributed by atoms with van der Waals surface area (Å²) in [5.74, 6) is 0. The number of nitrogens with zero attached hydrogens (tertiary/aromatic N) is 2. The molecule has 1 N–H and O–H groups in total. The molecule has 0 aliphatic carbocycles. The van der Waals surface area contributed by atoms with E-state index in [1.807, 2.05) is 0 Å². The quantitative estimate of drug-likeness (QED) is 0.530. The minimum atomic E-state index is -0.421. The highest BCUT2D eigenvalue weighted by atomic mass is 32.1. The number of urea groups is 1. The van der Waals surface area contributed by atoms with E-state index < -0.39 is 6.03 Å². The largest absolute Gasteiger partial charge is 0.346 e. The monoisotopic (exact) mass is 165 g/mol. The van der Waals surface area contributed by atoms with Crippen LogP contribution in [0.5, 0.6) is 0 Å². The number of carbonyl (C=O) groups excluding carboxylic acids is 1. The molecule has 4 nitrogen and oxygen atoms in total. The van der Waals surface area contributed by atoms with Gasteiger partial charge in [0.15, 0.2) is 0 Å². The number of thiocarbonyl (C=S) groups is 1. The molecule has 2 aliphatic rings. The molecule has 0 aromatic rings. The van der Waals surface area contributed by atoms with Gasteiger partial charge in [0.05, 0.1) is 5.71 Å². The maximum absolute atomic E-state index is 10.7. The number of aliphatic imine (C=N–C) groups is 2. The van der Waals surface area contributed by atoms with Crippen molar-refractivity contribution in [1.29, 1.82) is 0 Å². The van der Waals surface area contributed by atoms with Crippen molar-refractivity contribution in [1.82, 2.24) is 5.32 Å². The highest BCUT2D eigenvalue weighted by Crippen LogP contribution is 2.04. The number of hydrogen-bond donors (Lipinski definition) is 1. The minimum Gasteiger partial charge on any atom is -0.295 e. The normalized spacial score (nSPS) is 20.7. The first-order valence-electron chi connectivity index (χ1n) is 2.96. The SMILES string of the molecule is O=C1N=C2C=CN=C2C(=S)N1. The Morgan fingerprint density at radius 3 is 3.18 bits per heavy atom. The van der Waals surface area contributed by atoms with Crippen molar-refractivity contribution in [3.63, 3.8) is 0 Å². The molecule has 0 saturated carbocycles. The van der Waals surface area contributed by atoms with Crippen LogP contribution >= 0.6 is 12.2 Å². The van der Waals surface area contributed by atoms with Crippen LogP contribution in [-0.2, 0) is 0 Å². The van der Waals surface area contributed by atoms with Crippen LogP contribution in [-0.4, -0.2) is 22.4 Å². The fourth-order valence-corrected chi connectivity index (χ4v) is 1.13. The van der Waals surface area contributed by atoms with Crippen molar-refractivity contribution in [3.05, 3.63) is 12.3 Å². The molecule has 11 heavy (non-hydrogen) atoms. The lowest BCUT2D eigenvalue weighted by Crippen LogP contribution is -2.40. The molecule has 2 amide bonds. The van der Waals surface area contributed by atoms with Gasteiger partial charge in [-0.05, 0) is 6.08 Å². The molecule has 0 aromatic heterocycles. The molecule has 0 atom stereocenters. The molecule has 0 bridgehead atoms. The second-order valence-electron chi connectivity index (χ2n) is 2.05. The summed E-state index contributed by atoms with van der Waals surface area (Å²) in [7, 11) is 0. The highest BCUT2D eigenvalue weighted by molar-refractivity contribution is 7.82. The Kier molecular flexibility index (Phi) is 1.19. The third kappa shape index (κ3) is 0.894. The van der Waals surface area contributed by atoms with Gasteiger partial charge in [0.25, 0.3) is 0 Å². The fourth-order valence-electron chi connectivity index (χ4n) is 0.886. The maximum atomic E-state index is 10.7. The summed E-state index contributed by atoms with van der Waals surface area (Å²) >= 11 is 4.84. The molecule has 0 aromatic carbocycles. The molecule has 2 heterocycles. The van der Waals surface area contributed by atoms with E-state index in [9.17, 15) is 4.79 Å². The third-order valence-corrected chi connectivity index (χ3v) is 1.63. The zero-order valence-electron chi connectivity index (χ0n) is 5.37. The molecule has 0 fully saturated rings. The minimum absolute atomic E-state index is 0.352. The maximum Gasteiger partial charge on any atom is 0.346 e. The summed E-state index contributed by atoms with van der Waals surface area (Å²) in [4.78, 5) is 18.7. The van der Waals surface area contributed by atoms with Crippen LogP contribution in [0.2, 0.25) is 0 Å². The summed E-state index contributed by atoms with van der Waals surface area (Å²) in [6.07, 6.45) is 3.22. The predicted octanol–water partition coefficient (Wildman–Crippen LogP) is 0.446. The molecule has 0 unspecified atom stereocenters. The highest BCUT2D eigenvalue weighted by Gasteiger charge is 2.22. The van der Waals surface area contributed by atoms with E-state index in [4.69, 9.17) is 12.2 Å². The van der Waals surface area contributed by atoms with Crippen LogP contribution < -0.4 is 5.32 Å². The van der Waals surface area contributed by atoms with E-state index in [2.05, 4.69) is 15.3 Å². The third-order valence-electron chi connectivity index (χ3n) is 1.34. The van der Waals surface area contributed by atoms with Crippen molar-refractivity contribution in [3.8, 4) is 0 Å². The van der Waals surface area contributed by atoms with Crippen LogP contribution in [0.15, 0.2) is 22.3 Å². The summed E-state index contributed by atoms with van der Waals surface area (Å²) in [6, 6.07) is -0.421. The smallest absolute Gasteiger partial charge is 0.295 e. The summed E-state index contributed by atoms with van der Waals surface area (Å²) in [5.41, 5.74) is 1.14. The van der Waals surface area contributed by atoms with E-state index in [0.29, 0.717) is 16.4 Å². The van der Waals surface area contributed by atoms with Crippen molar-refractivity contribution >= 4 is 34.7 Å². The summed E-state index contributed by atoms with van der Waals surface area (Å²) < 4.78 is 0. The van der Waals surface area contributed by atoms with Gasteiger partial charge in [0.1, 0.15) is 10.7 Å². The van der Waals surface area contributed by atoms with E-state index >= 15 is 0 Å². The number of rotatable bonds is 0. The van der Waals surface area contributed by atoms with E-state index in [1.165, 1.54) is 0 Å². The van der Waals surface area contributed by atoms with E-state index in [1.54, 1.807) is 12.3 Å². The van der Waals surface area contributed by atoms with Gasteiger partial charge >= 0.3 is 6.03 Å². The number of carbonyl (C=O) groups is 1. The van der Waals surface area contributed by atoms with Crippen LogP contribution in [0, 0.1) is 0 Å². The zero-order chi connectivity index (χ0) is 7.84. The Labute approximate surface area is 67.7 Å². The number of nitrogens with one attached hydrogen (secondary N) is 1. The van der Waals surface area contributed by atoms with Crippen molar-refractivity contribution in [2.75, 3.05) is 0 Å². The Balaban J connectivity index is 2.53. The summed E-state index contributed by atoms with van der Waals surface area (Å²) in [5, 5.41) is 2.38. The fraction of sp³-hybridized carbons (Fsp3) is 0. The van der Waals surface area contributed by atoms with Gasteiger partial charge in [-0.3, -0.25) is 10.3 Å². The predicted molar refractivity (Wildman–Crippen MR) is 45.1 cm³/mol. The average Bonchev–Trinajstić information content (AvgIpc) is 2.34. The lowest BCUT2D eigenvalue weighted by molar-refractivity contribution is 0.253. The Hall–Kier alpha value is -1.36. The molecular formula is C6H3N3OS. The van der Waals surface area contributed by atoms with Crippen molar-refractivity contribution < 1.29 is 4.79 Å². The zero-order valence-corrected chi connectivity index (χ0v) is 6.18. The molecule has 2 aliphatic heterocycles. The van der Waals surface area contributed by atoms with Crippen LogP contribution in [0.3, 0.4) is 0 Å². The molecule has 0 radical (unpaired) electrons. The Morgan fingerprint density at radius 1 is 1.55 bits per heavy atom. The van der Waals surface area contributed by atoms with Crippen LogP contribution in [0.1, 0.15) is 0 Å². The number of hydrogen-bond acceptors (Lipinski definition) is 3. The number of amides is 2. The molecule has 2 rings (SSSR count). The Bertz CT molecular complexity index is 340. The van der Waals surface area contributed by atoms with Gasteiger partial charge in [0, 0.05) is 6.20 Å². The van der Waals surface area contributed by atoms with Gasteiger partial charge in [-0.2, -0.15) is 4.99 Å². The second-order valence-corrected chi connectivity index (χ2v) is 2.46. The lowest BCUT2D eigenvalue weighted by Gasteiger charge is -2.09. The van der Waals surface area contributed by atoms with Crippen molar-refractivity contribution in [2.45, 2.75) is 0 Å². The van der Waals surface area contributed by atoms with Crippen LogP contribution in [0.25, 0.3) is 0 Å². The van der Waals surface area contributed by atoms with E-state index in [-0.39, 0.29) is 0 Å². The van der Waals surface area contributed by atoms with Gasteiger partial charge in [0.2, 0.25) is 0 Å². The average molecular weight is 165 g/mol. The topological polar surface area (TPSA) is 53.8 Å². The van der Waals surface area contributed by atoms with Crippen LogP contribution in [0.4, 0.5) is 4.79 Å². The molecule has 5 heteroatoms. The van der Waals surface area contributed by atoms with Crippen molar-refractivity contribution in [2.24, 2.45) is 9.98 Å². The van der Waals surface area contributed by atoms with Gasteiger partial charge < -0.3 is 0 Å². The van der Waals surface area contributed by atoms with Gasteiger partial charge in [-0.1, -0.05) is 12.2 Å². The molecular weight excluding hydrogens is 162 g/mol. The van der Waals surface area contributed by atoms with Gasteiger partial charge in [-0.15, -0.1) is 0 Å². The number of fused-ring (bicyclic) bond motifs is 1. The second kappa shape index (κ2) is 2.06. The molecule has 54 valence electrons. The molecule has 0 spiro atoms. The van der Waals surface area contributed by atoms with Gasteiger partial charge in [-0.25, -0.2) is 4.79 Å². The first kappa shape index (κ1) is 6.36. The number of allylic oxidation sites excluding steroid dienone is 1. The molecule has 0 saturated heterocycles. The standard InChI is InChI=1S/C6H3N3OS/c10-6-8-3-1-2-7-4(3)5(11)9-6/h1-2H,(H,9,10,11).